The second kappa shape index (κ2) is 9.83. The Morgan fingerprint density at radius 2 is 1.79 bits per heavy atom. The molecule has 0 atom stereocenters. The van der Waals surface area contributed by atoms with E-state index >= 15 is 0 Å². The van der Waals surface area contributed by atoms with Gasteiger partial charge >= 0.3 is 5.97 Å². The van der Waals surface area contributed by atoms with Crippen LogP contribution >= 0.6 is 11.8 Å². The van der Waals surface area contributed by atoms with Crippen LogP contribution in [-0.4, -0.2) is 45.3 Å². The van der Waals surface area contributed by atoms with Crippen LogP contribution in [0.3, 0.4) is 0 Å². The van der Waals surface area contributed by atoms with Crippen molar-refractivity contribution in [3.8, 4) is 17.2 Å². The van der Waals surface area contributed by atoms with E-state index in [9.17, 15) is 4.79 Å². The number of hydrogen-bond donors (Lipinski definition) is 2. The summed E-state index contributed by atoms with van der Waals surface area (Å²) in [7, 11) is 1.61. The van der Waals surface area contributed by atoms with Crippen LogP contribution in [0.1, 0.15) is 12.7 Å². The number of nitrogens with zero attached hydrogens (tertiary/aromatic N) is 3. The number of benzene rings is 2. The van der Waals surface area contributed by atoms with Gasteiger partial charge in [0.2, 0.25) is 0 Å². The molecule has 2 N–H and O–H groups in total. The molecule has 0 bridgehead atoms. The number of rotatable bonds is 10. The lowest BCUT2D eigenvalue weighted by atomic mass is 10.3. The number of carboxylic acids is 1. The first kappa shape index (κ1) is 20.5. The average molecular weight is 414 g/mol. The number of anilines is 1. The van der Waals surface area contributed by atoms with Crippen molar-refractivity contribution in [1.29, 1.82) is 0 Å². The van der Waals surface area contributed by atoms with Crippen LogP contribution in [0.5, 0.6) is 11.5 Å². The van der Waals surface area contributed by atoms with E-state index in [2.05, 4.69) is 15.5 Å². The van der Waals surface area contributed by atoms with E-state index in [1.54, 1.807) is 7.11 Å². The number of aliphatic carboxylic acids is 1. The molecule has 3 aromatic rings. The summed E-state index contributed by atoms with van der Waals surface area (Å²) in [6.07, 6.45) is 0. The highest BCUT2D eigenvalue weighted by Crippen LogP contribution is 2.24. The number of hydrogen-bond acceptors (Lipinski definition) is 7. The van der Waals surface area contributed by atoms with Gasteiger partial charge in [0.15, 0.2) is 11.0 Å². The minimum Gasteiger partial charge on any atom is -0.497 e. The SMILES string of the molecule is CCOc1ccc(NCc2nnc(SCC(=O)O)n2-c2ccc(OC)cc2)cc1. The van der Waals surface area contributed by atoms with Gasteiger partial charge in [-0.05, 0) is 55.5 Å². The Bertz CT molecular complexity index is 942. The van der Waals surface area contributed by atoms with Gasteiger partial charge in [-0.1, -0.05) is 11.8 Å². The van der Waals surface area contributed by atoms with Crippen LogP contribution in [-0.2, 0) is 11.3 Å². The molecule has 3 rings (SSSR count). The molecule has 0 aliphatic rings. The van der Waals surface area contributed by atoms with Crippen molar-refractivity contribution in [2.24, 2.45) is 0 Å². The molecule has 0 spiro atoms. The van der Waals surface area contributed by atoms with E-state index < -0.39 is 5.97 Å². The van der Waals surface area contributed by atoms with Gasteiger partial charge in [0.1, 0.15) is 11.5 Å². The molecule has 0 aliphatic heterocycles. The molecule has 0 unspecified atom stereocenters. The summed E-state index contributed by atoms with van der Waals surface area (Å²) in [5.74, 6) is 1.20. The van der Waals surface area contributed by atoms with E-state index in [1.165, 1.54) is 0 Å². The third-order valence-corrected chi connectivity index (χ3v) is 4.89. The van der Waals surface area contributed by atoms with E-state index in [0.29, 0.717) is 24.1 Å². The number of nitrogens with one attached hydrogen (secondary N) is 1. The number of carboxylic acid groups (broad SMARTS) is 1. The maximum absolute atomic E-state index is 11.0. The number of ether oxygens (including phenoxy) is 2. The zero-order chi connectivity index (χ0) is 20.6. The van der Waals surface area contributed by atoms with Crippen LogP contribution in [0.4, 0.5) is 5.69 Å². The predicted molar refractivity (Wildman–Crippen MR) is 111 cm³/mol. The number of carbonyl (C=O) groups is 1. The van der Waals surface area contributed by atoms with Crippen LogP contribution in [0, 0.1) is 0 Å². The number of aromatic nitrogens is 3. The molecule has 9 heteroatoms. The lowest BCUT2D eigenvalue weighted by Gasteiger charge is -2.12. The molecule has 0 amide bonds. The second-order valence-corrected chi connectivity index (χ2v) is 6.87. The smallest absolute Gasteiger partial charge is 0.313 e. The fraction of sp³-hybridized carbons (Fsp3) is 0.250. The molecule has 1 aromatic heterocycles. The number of methoxy groups -OCH3 is 1. The van der Waals surface area contributed by atoms with Crippen molar-refractivity contribution >= 4 is 23.4 Å². The number of thioether (sulfide) groups is 1. The maximum Gasteiger partial charge on any atom is 0.313 e. The maximum atomic E-state index is 11.0. The quantitative estimate of drug-likeness (QED) is 0.487. The molecule has 152 valence electrons. The molecule has 8 nitrogen and oxygen atoms in total. The Hall–Kier alpha value is -3.20. The highest BCUT2D eigenvalue weighted by atomic mass is 32.2. The molecule has 0 aliphatic carbocycles. The average Bonchev–Trinajstić information content (AvgIpc) is 3.15. The van der Waals surface area contributed by atoms with Crippen molar-refractivity contribution < 1.29 is 19.4 Å². The molecule has 2 aromatic carbocycles. The Morgan fingerprint density at radius 1 is 1.10 bits per heavy atom. The van der Waals surface area contributed by atoms with Gasteiger partial charge in [-0.25, -0.2) is 0 Å². The van der Waals surface area contributed by atoms with Crippen LogP contribution < -0.4 is 14.8 Å². The Labute approximate surface area is 172 Å². The zero-order valence-electron chi connectivity index (χ0n) is 16.2. The monoisotopic (exact) mass is 414 g/mol. The van der Waals surface area contributed by atoms with Crippen LogP contribution in [0.25, 0.3) is 5.69 Å². The topological polar surface area (TPSA) is 98.5 Å². The van der Waals surface area contributed by atoms with Crippen molar-refractivity contribution in [1.82, 2.24) is 14.8 Å². The van der Waals surface area contributed by atoms with Crippen LogP contribution in [0.15, 0.2) is 53.7 Å². The van der Waals surface area contributed by atoms with Crippen molar-refractivity contribution in [3.63, 3.8) is 0 Å². The molecular weight excluding hydrogens is 392 g/mol. The molecule has 0 saturated heterocycles. The molecule has 0 radical (unpaired) electrons. The Balaban J connectivity index is 1.82. The van der Waals surface area contributed by atoms with E-state index in [4.69, 9.17) is 14.6 Å². The van der Waals surface area contributed by atoms with Gasteiger partial charge < -0.3 is 19.9 Å². The fourth-order valence-electron chi connectivity index (χ4n) is 2.64. The standard InChI is InChI=1S/C20H22N4O4S/c1-3-28-17-8-4-14(5-9-17)21-12-18-22-23-20(29-13-19(25)26)24(18)15-6-10-16(27-2)11-7-15/h4-11,21H,3,12-13H2,1-2H3,(H,25,26). The molecule has 0 saturated carbocycles. The van der Waals surface area contributed by atoms with Gasteiger partial charge in [0.05, 0.1) is 26.0 Å². The first-order chi connectivity index (χ1) is 14.1. The summed E-state index contributed by atoms with van der Waals surface area (Å²) >= 11 is 1.12. The lowest BCUT2D eigenvalue weighted by molar-refractivity contribution is -0.133. The minimum atomic E-state index is -0.909. The molecule has 0 fully saturated rings. The lowest BCUT2D eigenvalue weighted by Crippen LogP contribution is -2.09. The third kappa shape index (κ3) is 5.41. The summed E-state index contributed by atoms with van der Waals surface area (Å²) in [6, 6.07) is 15.1. The largest absolute Gasteiger partial charge is 0.497 e. The third-order valence-electron chi connectivity index (χ3n) is 3.97. The zero-order valence-corrected chi connectivity index (χ0v) is 17.0. The molecule has 29 heavy (non-hydrogen) atoms. The van der Waals surface area contributed by atoms with Crippen molar-refractivity contribution in [2.75, 3.05) is 24.8 Å². The summed E-state index contributed by atoms with van der Waals surface area (Å²) in [5, 5.41) is 21.3. The van der Waals surface area contributed by atoms with E-state index in [-0.39, 0.29) is 5.75 Å². The van der Waals surface area contributed by atoms with E-state index in [1.807, 2.05) is 60.0 Å². The highest BCUT2D eigenvalue weighted by Gasteiger charge is 2.16. The highest BCUT2D eigenvalue weighted by molar-refractivity contribution is 7.99. The summed E-state index contributed by atoms with van der Waals surface area (Å²) < 4.78 is 12.5. The second-order valence-electron chi connectivity index (χ2n) is 5.93. The minimum absolute atomic E-state index is 0.0966. The first-order valence-corrected chi connectivity index (χ1v) is 9.99. The van der Waals surface area contributed by atoms with Gasteiger partial charge in [-0.3, -0.25) is 9.36 Å². The fourth-order valence-corrected chi connectivity index (χ4v) is 3.33. The summed E-state index contributed by atoms with van der Waals surface area (Å²) in [4.78, 5) is 11.0. The van der Waals surface area contributed by atoms with Gasteiger partial charge in [0, 0.05) is 11.4 Å². The van der Waals surface area contributed by atoms with Gasteiger partial charge in [-0.15, -0.1) is 10.2 Å². The molecular formula is C20H22N4O4S. The normalized spacial score (nSPS) is 10.6. The Morgan fingerprint density at radius 3 is 2.41 bits per heavy atom. The van der Waals surface area contributed by atoms with Crippen LogP contribution in [0.2, 0.25) is 0 Å². The van der Waals surface area contributed by atoms with E-state index in [0.717, 1.165) is 34.6 Å². The molecule has 1 heterocycles. The predicted octanol–water partition coefficient (Wildman–Crippen LogP) is 3.46. The Kier molecular flexibility index (Phi) is 6.96. The summed E-state index contributed by atoms with van der Waals surface area (Å²) in [6.45, 7) is 2.98. The van der Waals surface area contributed by atoms with Gasteiger partial charge in [0.25, 0.3) is 0 Å². The van der Waals surface area contributed by atoms with Crippen molar-refractivity contribution in [3.05, 3.63) is 54.4 Å². The summed E-state index contributed by atoms with van der Waals surface area (Å²) in [5.41, 5.74) is 1.74. The van der Waals surface area contributed by atoms with Crippen molar-refractivity contribution in [2.45, 2.75) is 18.6 Å². The van der Waals surface area contributed by atoms with Gasteiger partial charge in [-0.2, -0.15) is 0 Å². The first-order valence-electron chi connectivity index (χ1n) is 9.00.